The largest absolute Gasteiger partial charge is 0.337 e. The molecule has 0 aliphatic carbocycles. The zero-order valence-corrected chi connectivity index (χ0v) is 12.9. The number of carbonyl (C=O) groups is 2. The summed E-state index contributed by atoms with van der Waals surface area (Å²) in [4.78, 5) is 26.8. The van der Waals surface area contributed by atoms with Gasteiger partial charge >= 0.3 is 12.1 Å². The Bertz CT molecular complexity index is 636. The van der Waals surface area contributed by atoms with Crippen LogP contribution in [0.1, 0.15) is 4.88 Å². The smallest absolute Gasteiger partial charge is 0.325 e. The van der Waals surface area contributed by atoms with E-state index in [0.717, 1.165) is 6.42 Å². The maximum absolute atomic E-state index is 11.8. The van der Waals surface area contributed by atoms with Crippen LogP contribution in [-0.2, 0) is 6.42 Å². The van der Waals surface area contributed by atoms with Crippen molar-refractivity contribution in [3.63, 3.8) is 0 Å². The van der Waals surface area contributed by atoms with Crippen LogP contribution in [0.2, 0.25) is 0 Å². The Hall–Kier alpha value is -1.86. The molecule has 0 bridgehead atoms. The second-order valence-corrected chi connectivity index (χ2v) is 6.59. The second kappa shape index (κ2) is 6.28. The molecule has 4 amide bonds. The highest BCUT2D eigenvalue weighted by molar-refractivity contribution is 7.16. The zero-order valence-electron chi connectivity index (χ0n) is 11.3. The van der Waals surface area contributed by atoms with E-state index in [2.05, 4.69) is 39.6 Å². The van der Waals surface area contributed by atoms with Crippen LogP contribution in [0.5, 0.6) is 0 Å². The number of urea groups is 2. The molecule has 7 heteroatoms. The lowest BCUT2D eigenvalue weighted by Crippen LogP contribution is -2.42. The maximum Gasteiger partial charge on any atom is 0.325 e. The summed E-state index contributed by atoms with van der Waals surface area (Å²) < 4.78 is 0. The SMILES string of the molecule is O=C(NCCc1ccc(-c2ccsc2)s1)N1CCNC1=O. The van der Waals surface area contributed by atoms with E-state index in [1.165, 1.54) is 20.2 Å². The van der Waals surface area contributed by atoms with Gasteiger partial charge in [0.15, 0.2) is 0 Å². The first-order valence-electron chi connectivity index (χ1n) is 6.68. The minimum absolute atomic E-state index is 0.316. The van der Waals surface area contributed by atoms with Crippen molar-refractivity contribution < 1.29 is 9.59 Å². The van der Waals surface area contributed by atoms with Gasteiger partial charge in [-0.05, 0) is 35.4 Å². The highest BCUT2D eigenvalue weighted by Crippen LogP contribution is 2.29. The van der Waals surface area contributed by atoms with Crippen LogP contribution in [0.3, 0.4) is 0 Å². The number of amides is 4. The van der Waals surface area contributed by atoms with Crippen molar-refractivity contribution in [1.29, 1.82) is 0 Å². The van der Waals surface area contributed by atoms with Gasteiger partial charge < -0.3 is 10.6 Å². The maximum atomic E-state index is 11.8. The van der Waals surface area contributed by atoms with Crippen LogP contribution < -0.4 is 10.6 Å². The second-order valence-electron chi connectivity index (χ2n) is 4.64. The van der Waals surface area contributed by atoms with Crippen LogP contribution in [0.4, 0.5) is 9.59 Å². The molecule has 1 aliphatic heterocycles. The zero-order chi connectivity index (χ0) is 14.7. The molecule has 0 unspecified atom stereocenters. The Morgan fingerprint density at radius 3 is 3.00 bits per heavy atom. The summed E-state index contributed by atoms with van der Waals surface area (Å²) in [6.45, 7) is 1.50. The fraction of sp³-hybridized carbons (Fsp3) is 0.286. The first-order chi connectivity index (χ1) is 10.2. The predicted octanol–water partition coefficient (Wildman–Crippen LogP) is 2.75. The molecular weight excluding hydrogens is 306 g/mol. The molecule has 0 spiro atoms. The third-order valence-electron chi connectivity index (χ3n) is 3.22. The topological polar surface area (TPSA) is 61.4 Å². The van der Waals surface area contributed by atoms with Gasteiger partial charge in [-0.3, -0.25) is 0 Å². The van der Waals surface area contributed by atoms with Crippen LogP contribution in [0.25, 0.3) is 10.4 Å². The quantitative estimate of drug-likeness (QED) is 0.909. The van der Waals surface area contributed by atoms with Gasteiger partial charge in [-0.2, -0.15) is 11.3 Å². The first-order valence-corrected chi connectivity index (χ1v) is 8.44. The lowest BCUT2D eigenvalue weighted by atomic mass is 10.3. The molecule has 110 valence electrons. The van der Waals surface area contributed by atoms with Gasteiger partial charge in [0.1, 0.15) is 0 Å². The monoisotopic (exact) mass is 321 g/mol. The van der Waals surface area contributed by atoms with E-state index in [0.29, 0.717) is 19.6 Å². The highest BCUT2D eigenvalue weighted by Gasteiger charge is 2.25. The Balaban J connectivity index is 1.49. The number of nitrogens with zero attached hydrogens (tertiary/aromatic N) is 1. The molecule has 2 aromatic rings. The van der Waals surface area contributed by atoms with Crippen molar-refractivity contribution in [2.24, 2.45) is 0 Å². The fourth-order valence-corrected chi connectivity index (χ4v) is 3.86. The summed E-state index contributed by atoms with van der Waals surface area (Å²) in [6, 6.07) is 5.67. The molecule has 1 fully saturated rings. The highest BCUT2D eigenvalue weighted by atomic mass is 32.1. The molecule has 0 saturated carbocycles. The predicted molar refractivity (Wildman–Crippen MR) is 84.8 cm³/mol. The minimum Gasteiger partial charge on any atom is -0.337 e. The molecule has 0 aromatic carbocycles. The molecule has 1 saturated heterocycles. The molecule has 1 aliphatic rings. The fourth-order valence-electron chi connectivity index (χ4n) is 2.13. The molecule has 2 aromatic heterocycles. The third-order valence-corrected chi connectivity index (χ3v) is 5.09. The van der Waals surface area contributed by atoms with Crippen molar-refractivity contribution in [3.05, 3.63) is 33.8 Å². The Kier molecular flexibility index (Phi) is 4.21. The Morgan fingerprint density at radius 1 is 1.38 bits per heavy atom. The summed E-state index contributed by atoms with van der Waals surface area (Å²) >= 11 is 3.42. The van der Waals surface area contributed by atoms with Crippen LogP contribution in [0.15, 0.2) is 29.0 Å². The summed E-state index contributed by atoms with van der Waals surface area (Å²) in [7, 11) is 0. The van der Waals surface area contributed by atoms with E-state index in [1.807, 2.05) is 0 Å². The number of rotatable bonds is 4. The molecule has 3 rings (SSSR count). The lowest BCUT2D eigenvalue weighted by Gasteiger charge is -2.12. The number of hydrogen-bond donors (Lipinski definition) is 2. The van der Waals surface area contributed by atoms with Crippen LogP contribution in [-0.4, -0.2) is 36.6 Å². The molecule has 5 nitrogen and oxygen atoms in total. The van der Waals surface area contributed by atoms with E-state index in [-0.39, 0.29) is 12.1 Å². The van der Waals surface area contributed by atoms with Crippen molar-refractivity contribution in [3.8, 4) is 10.4 Å². The normalized spacial score (nSPS) is 14.3. The van der Waals surface area contributed by atoms with Crippen molar-refractivity contribution in [2.45, 2.75) is 6.42 Å². The minimum atomic E-state index is -0.320. The number of carbonyl (C=O) groups excluding carboxylic acids is 2. The summed E-state index contributed by atoms with van der Waals surface area (Å²) in [5.74, 6) is 0. The number of hydrogen-bond acceptors (Lipinski definition) is 4. The molecule has 0 radical (unpaired) electrons. The van der Waals surface area contributed by atoms with Gasteiger partial charge in [-0.15, -0.1) is 11.3 Å². The lowest BCUT2D eigenvalue weighted by molar-refractivity contribution is 0.199. The van der Waals surface area contributed by atoms with E-state index < -0.39 is 0 Å². The van der Waals surface area contributed by atoms with E-state index in [9.17, 15) is 9.59 Å². The van der Waals surface area contributed by atoms with Crippen molar-refractivity contribution in [1.82, 2.24) is 15.5 Å². The molecule has 21 heavy (non-hydrogen) atoms. The first kappa shape index (κ1) is 14.1. The average molecular weight is 321 g/mol. The number of nitrogens with one attached hydrogen (secondary N) is 2. The van der Waals surface area contributed by atoms with E-state index in [4.69, 9.17) is 0 Å². The summed E-state index contributed by atoms with van der Waals surface area (Å²) in [5.41, 5.74) is 1.24. The Labute approximate surface area is 130 Å². The molecular formula is C14H15N3O2S2. The average Bonchev–Trinajstić information content (AvgIpc) is 3.19. The van der Waals surface area contributed by atoms with Gasteiger partial charge in [0.25, 0.3) is 0 Å². The number of imide groups is 1. The number of thiophene rings is 2. The van der Waals surface area contributed by atoms with E-state index in [1.54, 1.807) is 22.7 Å². The molecule has 0 atom stereocenters. The summed E-state index contributed by atoms with van der Waals surface area (Å²) in [6.07, 6.45) is 0.774. The van der Waals surface area contributed by atoms with E-state index >= 15 is 0 Å². The Morgan fingerprint density at radius 2 is 2.29 bits per heavy atom. The molecule has 3 heterocycles. The van der Waals surface area contributed by atoms with Gasteiger partial charge in [0, 0.05) is 35.0 Å². The van der Waals surface area contributed by atoms with Gasteiger partial charge in [0.05, 0.1) is 0 Å². The van der Waals surface area contributed by atoms with Gasteiger partial charge in [-0.1, -0.05) is 0 Å². The van der Waals surface area contributed by atoms with Gasteiger partial charge in [-0.25, -0.2) is 14.5 Å². The standard InChI is InChI=1S/C14H15N3O2S2/c18-13(17-7-6-16-14(17)19)15-5-3-11-1-2-12(21-11)10-4-8-20-9-10/h1-2,4,8-9H,3,5-7H2,(H,15,18)(H,16,19). The van der Waals surface area contributed by atoms with Crippen LogP contribution in [0, 0.1) is 0 Å². The summed E-state index contributed by atoms with van der Waals surface area (Å²) in [5, 5.41) is 9.58. The van der Waals surface area contributed by atoms with Crippen molar-refractivity contribution >= 4 is 34.7 Å². The van der Waals surface area contributed by atoms with Gasteiger partial charge in [0.2, 0.25) is 0 Å². The molecule has 2 N–H and O–H groups in total. The van der Waals surface area contributed by atoms with Crippen LogP contribution >= 0.6 is 22.7 Å². The third kappa shape index (κ3) is 3.25. The van der Waals surface area contributed by atoms with Crippen molar-refractivity contribution in [2.75, 3.05) is 19.6 Å².